The Morgan fingerprint density at radius 1 is 0.862 bits per heavy atom. The van der Waals surface area contributed by atoms with Crippen LogP contribution in [0.25, 0.3) is 21.8 Å². The molecule has 1 aliphatic rings. The molecule has 2 aromatic heterocycles. The first kappa shape index (κ1) is 18.1. The summed E-state index contributed by atoms with van der Waals surface area (Å²) in [6, 6.07) is 11.1. The maximum absolute atomic E-state index is 9.83. The number of H-pyrrole nitrogens is 2. The Labute approximate surface area is 170 Å². The van der Waals surface area contributed by atoms with Crippen LogP contribution in [0.4, 0.5) is 0 Å². The Balaban J connectivity index is 1.17. The zero-order valence-electron chi connectivity index (χ0n) is 16.5. The molecule has 3 heterocycles. The number of aryl methyl sites for hydroxylation is 1. The number of aromatic hydroxyl groups is 2. The van der Waals surface area contributed by atoms with E-state index in [1.54, 1.807) is 12.1 Å². The van der Waals surface area contributed by atoms with Crippen molar-refractivity contribution in [3.05, 3.63) is 59.9 Å². The minimum atomic E-state index is 0.325. The van der Waals surface area contributed by atoms with Crippen LogP contribution in [-0.4, -0.2) is 44.7 Å². The van der Waals surface area contributed by atoms with Crippen LogP contribution in [-0.2, 0) is 6.42 Å². The number of aromatic nitrogens is 2. The highest BCUT2D eigenvalue weighted by atomic mass is 16.3. The largest absolute Gasteiger partial charge is 0.508 e. The molecule has 0 atom stereocenters. The molecule has 5 heteroatoms. The first-order valence-electron chi connectivity index (χ1n) is 10.5. The van der Waals surface area contributed by atoms with E-state index in [-0.39, 0.29) is 0 Å². The van der Waals surface area contributed by atoms with Crippen LogP contribution < -0.4 is 0 Å². The molecule has 5 rings (SSSR count). The second kappa shape index (κ2) is 7.48. The lowest BCUT2D eigenvalue weighted by Gasteiger charge is -2.32. The molecule has 4 N–H and O–H groups in total. The number of benzene rings is 2. The average molecular weight is 389 g/mol. The molecule has 0 radical (unpaired) electrons. The van der Waals surface area contributed by atoms with Crippen molar-refractivity contribution in [2.24, 2.45) is 0 Å². The maximum atomic E-state index is 9.83. The van der Waals surface area contributed by atoms with Gasteiger partial charge in [0.2, 0.25) is 0 Å². The standard InChI is InChI=1S/C24H27N3O2/c28-18-3-5-23-20(12-18)17(14-25-23)2-1-9-27-10-7-16(8-11-27)22-15-26-24-6-4-19(29)13-21(22)24/h3-6,12-16,25-26,28-29H,1-2,7-11H2. The second-order valence-electron chi connectivity index (χ2n) is 8.24. The van der Waals surface area contributed by atoms with Crippen LogP contribution in [0.1, 0.15) is 36.3 Å². The number of hydrogen-bond acceptors (Lipinski definition) is 3. The van der Waals surface area contributed by atoms with Gasteiger partial charge in [0, 0.05) is 34.2 Å². The Morgan fingerprint density at radius 3 is 2.28 bits per heavy atom. The van der Waals surface area contributed by atoms with Crippen molar-refractivity contribution >= 4 is 21.8 Å². The fourth-order valence-corrected chi connectivity index (χ4v) is 4.80. The van der Waals surface area contributed by atoms with E-state index >= 15 is 0 Å². The van der Waals surface area contributed by atoms with Crippen molar-refractivity contribution < 1.29 is 10.2 Å². The molecule has 1 saturated heterocycles. The summed E-state index contributed by atoms with van der Waals surface area (Å²) in [5.74, 6) is 1.21. The molecule has 2 aromatic carbocycles. The number of likely N-dealkylation sites (tertiary alicyclic amines) is 1. The van der Waals surface area contributed by atoms with E-state index in [4.69, 9.17) is 0 Å². The molecule has 5 nitrogen and oxygen atoms in total. The average Bonchev–Trinajstić information content (AvgIpc) is 3.32. The quantitative estimate of drug-likeness (QED) is 0.393. The Kier molecular flexibility index (Phi) is 4.68. The van der Waals surface area contributed by atoms with Crippen molar-refractivity contribution in [1.82, 2.24) is 14.9 Å². The lowest BCUT2D eigenvalue weighted by Crippen LogP contribution is -2.33. The van der Waals surface area contributed by atoms with Crippen LogP contribution in [0.5, 0.6) is 11.5 Å². The predicted octanol–water partition coefficient (Wildman–Crippen LogP) is 4.87. The van der Waals surface area contributed by atoms with Crippen molar-refractivity contribution in [2.75, 3.05) is 19.6 Å². The van der Waals surface area contributed by atoms with Crippen LogP contribution in [0, 0.1) is 0 Å². The smallest absolute Gasteiger partial charge is 0.116 e. The van der Waals surface area contributed by atoms with Gasteiger partial charge in [-0.1, -0.05) is 0 Å². The van der Waals surface area contributed by atoms with Gasteiger partial charge in [0.05, 0.1) is 0 Å². The van der Waals surface area contributed by atoms with Gasteiger partial charge in [-0.2, -0.15) is 0 Å². The van der Waals surface area contributed by atoms with Crippen molar-refractivity contribution in [3.63, 3.8) is 0 Å². The molecule has 1 fully saturated rings. The predicted molar refractivity (Wildman–Crippen MR) is 117 cm³/mol. The van der Waals surface area contributed by atoms with Gasteiger partial charge < -0.3 is 25.1 Å². The van der Waals surface area contributed by atoms with Crippen LogP contribution in [0.3, 0.4) is 0 Å². The number of rotatable bonds is 5. The molecule has 4 aromatic rings. The fraction of sp³-hybridized carbons (Fsp3) is 0.333. The summed E-state index contributed by atoms with van der Waals surface area (Å²) in [7, 11) is 0. The lowest BCUT2D eigenvalue weighted by atomic mass is 9.89. The lowest BCUT2D eigenvalue weighted by molar-refractivity contribution is 0.211. The molecule has 0 bridgehead atoms. The number of phenolic OH excluding ortho intramolecular Hbond substituents is 2. The molecule has 1 aliphatic heterocycles. The number of piperidine rings is 1. The number of nitrogens with zero attached hydrogens (tertiary/aromatic N) is 1. The molecular weight excluding hydrogens is 362 g/mol. The number of hydrogen-bond donors (Lipinski definition) is 4. The number of aromatic amines is 2. The maximum Gasteiger partial charge on any atom is 0.116 e. The zero-order valence-corrected chi connectivity index (χ0v) is 16.5. The minimum absolute atomic E-state index is 0.325. The molecule has 0 amide bonds. The van der Waals surface area contributed by atoms with Gasteiger partial charge >= 0.3 is 0 Å². The summed E-state index contributed by atoms with van der Waals surface area (Å²) in [4.78, 5) is 9.21. The second-order valence-corrected chi connectivity index (χ2v) is 8.24. The number of phenols is 2. The monoisotopic (exact) mass is 389 g/mol. The summed E-state index contributed by atoms with van der Waals surface area (Å²) < 4.78 is 0. The summed E-state index contributed by atoms with van der Waals surface area (Å²) in [5.41, 5.74) is 4.81. The van der Waals surface area contributed by atoms with Gasteiger partial charge in [0.25, 0.3) is 0 Å². The highest BCUT2D eigenvalue weighted by Gasteiger charge is 2.22. The van der Waals surface area contributed by atoms with Crippen LogP contribution in [0.15, 0.2) is 48.8 Å². The molecule has 0 aliphatic carbocycles. The van der Waals surface area contributed by atoms with Crippen molar-refractivity contribution in [3.8, 4) is 11.5 Å². The van der Waals surface area contributed by atoms with E-state index in [0.29, 0.717) is 17.4 Å². The van der Waals surface area contributed by atoms with Gasteiger partial charge in [0.15, 0.2) is 0 Å². The third-order valence-corrected chi connectivity index (χ3v) is 6.40. The third-order valence-electron chi connectivity index (χ3n) is 6.40. The van der Waals surface area contributed by atoms with Crippen molar-refractivity contribution in [1.29, 1.82) is 0 Å². The Morgan fingerprint density at radius 2 is 1.52 bits per heavy atom. The molecular formula is C24H27N3O2. The first-order chi connectivity index (χ1) is 14.2. The van der Waals surface area contributed by atoms with E-state index in [0.717, 1.165) is 67.1 Å². The van der Waals surface area contributed by atoms with E-state index in [2.05, 4.69) is 27.3 Å². The summed E-state index contributed by atoms with van der Waals surface area (Å²) in [5, 5.41) is 21.9. The molecule has 0 unspecified atom stereocenters. The van der Waals surface area contributed by atoms with Gasteiger partial charge in [-0.05, 0) is 98.8 Å². The molecule has 29 heavy (non-hydrogen) atoms. The summed E-state index contributed by atoms with van der Waals surface area (Å²) in [6.07, 6.45) is 8.64. The first-order valence-corrected chi connectivity index (χ1v) is 10.5. The van der Waals surface area contributed by atoms with E-state index in [9.17, 15) is 10.2 Å². The number of fused-ring (bicyclic) bond motifs is 2. The van der Waals surface area contributed by atoms with E-state index in [1.165, 1.54) is 11.1 Å². The Bertz CT molecular complexity index is 1130. The summed E-state index contributed by atoms with van der Waals surface area (Å²) >= 11 is 0. The number of nitrogens with one attached hydrogen (secondary N) is 2. The van der Waals surface area contributed by atoms with E-state index < -0.39 is 0 Å². The molecule has 0 saturated carbocycles. The summed E-state index contributed by atoms with van der Waals surface area (Å²) in [6.45, 7) is 3.34. The highest BCUT2D eigenvalue weighted by Crippen LogP contribution is 2.34. The van der Waals surface area contributed by atoms with Gasteiger partial charge in [-0.3, -0.25) is 0 Å². The molecule has 0 spiro atoms. The topological polar surface area (TPSA) is 75.3 Å². The van der Waals surface area contributed by atoms with Crippen LogP contribution in [0.2, 0.25) is 0 Å². The molecule has 150 valence electrons. The van der Waals surface area contributed by atoms with Gasteiger partial charge in [-0.15, -0.1) is 0 Å². The fourth-order valence-electron chi connectivity index (χ4n) is 4.80. The van der Waals surface area contributed by atoms with E-state index in [1.807, 2.05) is 24.3 Å². The highest BCUT2D eigenvalue weighted by molar-refractivity contribution is 5.85. The third kappa shape index (κ3) is 3.58. The minimum Gasteiger partial charge on any atom is -0.508 e. The SMILES string of the molecule is Oc1ccc2[nH]cc(CCCN3CCC(c4c[nH]c5ccc(O)cc45)CC3)c2c1. The van der Waals surface area contributed by atoms with Crippen LogP contribution >= 0.6 is 0 Å². The van der Waals surface area contributed by atoms with Gasteiger partial charge in [0.1, 0.15) is 11.5 Å². The van der Waals surface area contributed by atoms with Gasteiger partial charge in [-0.25, -0.2) is 0 Å². The van der Waals surface area contributed by atoms with Crippen molar-refractivity contribution in [2.45, 2.75) is 31.6 Å². The normalized spacial score (nSPS) is 16.1. The Hall–Kier alpha value is -2.92. The zero-order chi connectivity index (χ0) is 19.8.